The Morgan fingerprint density at radius 1 is 1.15 bits per heavy atom. The molecule has 1 aliphatic carbocycles. The van der Waals surface area contributed by atoms with Gasteiger partial charge < -0.3 is 5.32 Å². The molecule has 4 rings (SSSR count). The van der Waals surface area contributed by atoms with E-state index in [9.17, 15) is 4.79 Å². The van der Waals surface area contributed by atoms with E-state index in [0.29, 0.717) is 12.3 Å². The molecule has 0 bridgehead atoms. The lowest BCUT2D eigenvalue weighted by Gasteiger charge is -2.29. The van der Waals surface area contributed by atoms with Crippen molar-refractivity contribution in [3.8, 4) is 0 Å². The number of benzene rings is 2. The number of hydrogen-bond donors (Lipinski definition) is 1. The van der Waals surface area contributed by atoms with Crippen LogP contribution >= 0.6 is 0 Å². The number of hydrogen-bond acceptors (Lipinski definition) is 2. The minimum absolute atomic E-state index is 0.277. The summed E-state index contributed by atoms with van der Waals surface area (Å²) in [5, 5.41) is 3.33. The zero-order chi connectivity index (χ0) is 13.5. The van der Waals surface area contributed by atoms with Crippen LogP contribution in [0.3, 0.4) is 0 Å². The van der Waals surface area contributed by atoms with Crippen LogP contribution in [0.1, 0.15) is 39.4 Å². The van der Waals surface area contributed by atoms with E-state index in [-0.39, 0.29) is 5.78 Å². The number of carbonyl (C=O) groups excluding carboxylic acids is 1. The lowest BCUT2D eigenvalue weighted by atomic mass is 9.74. The summed E-state index contributed by atoms with van der Waals surface area (Å²) in [6.45, 7) is 0.989. The molecule has 20 heavy (non-hydrogen) atoms. The van der Waals surface area contributed by atoms with Crippen molar-refractivity contribution in [2.45, 2.75) is 25.2 Å². The highest BCUT2D eigenvalue weighted by Gasteiger charge is 2.28. The molecule has 1 aliphatic heterocycles. The summed E-state index contributed by atoms with van der Waals surface area (Å²) in [5.74, 6) is 0.698. The Bertz CT molecular complexity index is 690. The van der Waals surface area contributed by atoms with Crippen LogP contribution in [0.4, 0.5) is 5.69 Å². The van der Waals surface area contributed by atoms with Crippen molar-refractivity contribution in [3.63, 3.8) is 0 Å². The summed E-state index contributed by atoms with van der Waals surface area (Å²) in [4.78, 5) is 12.4. The molecule has 0 amide bonds. The topological polar surface area (TPSA) is 29.1 Å². The largest absolute Gasteiger partial charge is 0.384 e. The van der Waals surface area contributed by atoms with Gasteiger partial charge in [0.25, 0.3) is 0 Å². The number of nitrogens with one attached hydrogen (secondary N) is 1. The zero-order valence-electron chi connectivity index (χ0n) is 11.4. The molecule has 0 fully saturated rings. The Hall–Kier alpha value is -2.09. The van der Waals surface area contributed by atoms with Crippen molar-refractivity contribution in [1.82, 2.24) is 0 Å². The second kappa shape index (κ2) is 4.48. The van der Waals surface area contributed by atoms with Crippen molar-refractivity contribution in [3.05, 3.63) is 64.7 Å². The molecular formula is C18H17NO. The summed E-state index contributed by atoms with van der Waals surface area (Å²) in [6.07, 6.45) is 2.72. The van der Waals surface area contributed by atoms with E-state index < -0.39 is 0 Å². The highest BCUT2D eigenvalue weighted by atomic mass is 16.1. The summed E-state index contributed by atoms with van der Waals surface area (Å²) in [6, 6.07) is 14.5. The number of carbonyl (C=O) groups is 1. The average Bonchev–Trinajstić information content (AvgIpc) is 2.92. The number of ketones is 1. The Morgan fingerprint density at radius 2 is 2.05 bits per heavy atom. The van der Waals surface area contributed by atoms with Gasteiger partial charge in [-0.15, -0.1) is 0 Å². The Balaban J connectivity index is 1.52. The van der Waals surface area contributed by atoms with E-state index in [1.54, 1.807) is 0 Å². The first kappa shape index (κ1) is 11.7. The molecule has 1 heterocycles. The second-order valence-corrected chi connectivity index (χ2v) is 5.78. The maximum Gasteiger partial charge on any atom is 0.163 e. The maximum absolute atomic E-state index is 12.4. The first-order valence-electron chi connectivity index (χ1n) is 7.29. The van der Waals surface area contributed by atoms with Crippen molar-refractivity contribution in [1.29, 1.82) is 0 Å². The summed E-state index contributed by atoms with van der Waals surface area (Å²) >= 11 is 0. The first-order chi connectivity index (χ1) is 9.81. The van der Waals surface area contributed by atoms with E-state index in [1.165, 1.54) is 22.4 Å². The van der Waals surface area contributed by atoms with Crippen molar-refractivity contribution in [2.75, 3.05) is 11.9 Å². The monoisotopic (exact) mass is 263 g/mol. The van der Waals surface area contributed by atoms with Crippen molar-refractivity contribution >= 4 is 11.5 Å². The quantitative estimate of drug-likeness (QED) is 0.858. The molecule has 2 heteroatoms. The van der Waals surface area contributed by atoms with Crippen LogP contribution in [0, 0.1) is 0 Å². The Kier molecular flexibility index (Phi) is 2.62. The third-order valence-corrected chi connectivity index (χ3v) is 4.53. The van der Waals surface area contributed by atoms with Gasteiger partial charge in [0.2, 0.25) is 0 Å². The van der Waals surface area contributed by atoms with Crippen LogP contribution in [-0.4, -0.2) is 12.3 Å². The van der Waals surface area contributed by atoms with Gasteiger partial charge in [-0.05, 0) is 53.6 Å². The molecule has 2 aromatic carbocycles. The van der Waals surface area contributed by atoms with Crippen LogP contribution in [-0.2, 0) is 12.8 Å². The van der Waals surface area contributed by atoms with E-state index in [4.69, 9.17) is 0 Å². The van der Waals surface area contributed by atoms with Gasteiger partial charge in [0.1, 0.15) is 0 Å². The van der Waals surface area contributed by atoms with Gasteiger partial charge in [0.05, 0.1) is 0 Å². The predicted molar refractivity (Wildman–Crippen MR) is 80.5 cm³/mol. The molecule has 0 radical (unpaired) electrons. The molecule has 0 spiro atoms. The van der Waals surface area contributed by atoms with Crippen LogP contribution in [0.2, 0.25) is 0 Å². The van der Waals surface area contributed by atoms with Gasteiger partial charge in [-0.25, -0.2) is 0 Å². The zero-order valence-corrected chi connectivity index (χ0v) is 11.4. The van der Waals surface area contributed by atoms with Gasteiger partial charge >= 0.3 is 0 Å². The van der Waals surface area contributed by atoms with E-state index in [2.05, 4.69) is 35.6 Å². The fourth-order valence-electron chi connectivity index (χ4n) is 3.36. The van der Waals surface area contributed by atoms with Crippen LogP contribution < -0.4 is 5.32 Å². The Labute approximate surface area is 118 Å². The lowest BCUT2D eigenvalue weighted by molar-refractivity contribution is 0.0970. The van der Waals surface area contributed by atoms with E-state index in [0.717, 1.165) is 24.9 Å². The summed E-state index contributed by atoms with van der Waals surface area (Å²) in [5.41, 5.74) is 6.12. The SMILES string of the molecule is O=C(CC1Cc2ccccc21)c1ccc2c(c1)CCN2. The van der Waals surface area contributed by atoms with Gasteiger partial charge in [0.15, 0.2) is 5.78 Å². The molecule has 100 valence electrons. The third kappa shape index (κ3) is 1.83. The standard InChI is InChI=1S/C18H17NO/c20-18(11-15-9-12-3-1-2-4-16(12)15)14-5-6-17-13(10-14)7-8-19-17/h1-6,10,15,19H,7-9,11H2. The molecule has 1 atom stereocenters. The van der Waals surface area contributed by atoms with Gasteiger partial charge in [-0.3, -0.25) is 4.79 Å². The number of Topliss-reactive ketones (excluding diaryl/α,β-unsaturated/α-hetero) is 1. The van der Waals surface area contributed by atoms with Crippen LogP contribution in [0.15, 0.2) is 42.5 Å². The fraction of sp³-hybridized carbons (Fsp3) is 0.278. The minimum Gasteiger partial charge on any atom is -0.384 e. The van der Waals surface area contributed by atoms with E-state index >= 15 is 0 Å². The highest BCUT2D eigenvalue weighted by molar-refractivity contribution is 5.97. The molecule has 0 aromatic heterocycles. The van der Waals surface area contributed by atoms with Crippen molar-refractivity contribution < 1.29 is 4.79 Å². The Morgan fingerprint density at radius 3 is 2.95 bits per heavy atom. The van der Waals surface area contributed by atoms with Crippen LogP contribution in [0.25, 0.3) is 0 Å². The molecule has 1 unspecified atom stereocenters. The molecule has 0 saturated heterocycles. The third-order valence-electron chi connectivity index (χ3n) is 4.53. The summed E-state index contributed by atoms with van der Waals surface area (Å²) in [7, 11) is 0. The minimum atomic E-state index is 0.277. The first-order valence-corrected chi connectivity index (χ1v) is 7.29. The van der Waals surface area contributed by atoms with Gasteiger partial charge in [0, 0.05) is 24.2 Å². The second-order valence-electron chi connectivity index (χ2n) is 5.78. The molecule has 2 aromatic rings. The molecular weight excluding hydrogens is 246 g/mol. The van der Waals surface area contributed by atoms with Crippen molar-refractivity contribution in [2.24, 2.45) is 0 Å². The summed E-state index contributed by atoms with van der Waals surface area (Å²) < 4.78 is 0. The lowest BCUT2D eigenvalue weighted by Crippen LogP contribution is -2.20. The molecule has 1 N–H and O–H groups in total. The predicted octanol–water partition coefficient (Wildman–Crippen LogP) is 3.57. The average molecular weight is 263 g/mol. The number of anilines is 1. The molecule has 2 aliphatic rings. The number of fused-ring (bicyclic) bond motifs is 2. The molecule has 0 saturated carbocycles. The van der Waals surface area contributed by atoms with E-state index in [1.807, 2.05) is 12.1 Å². The van der Waals surface area contributed by atoms with Crippen LogP contribution in [0.5, 0.6) is 0 Å². The normalized spacial score (nSPS) is 18.7. The molecule has 2 nitrogen and oxygen atoms in total. The highest BCUT2D eigenvalue weighted by Crippen LogP contribution is 2.38. The maximum atomic E-state index is 12.4. The number of rotatable bonds is 3. The van der Waals surface area contributed by atoms with Gasteiger partial charge in [-0.2, -0.15) is 0 Å². The smallest absolute Gasteiger partial charge is 0.163 e. The van der Waals surface area contributed by atoms with Gasteiger partial charge in [-0.1, -0.05) is 24.3 Å². The fourth-order valence-corrected chi connectivity index (χ4v) is 3.36.